The van der Waals surface area contributed by atoms with Gasteiger partial charge in [-0.15, -0.1) is 0 Å². The Morgan fingerprint density at radius 3 is 2.68 bits per heavy atom. The number of imide groups is 1. The van der Waals surface area contributed by atoms with E-state index in [9.17, 15) is 14.4 Å². The summed E-state index contributed by atoms with van der Waals surface area (Å²) in [5, 5.41) is 5.26. The van der Waals surface area contributed by atoms with E-state index >= 15 is 0 Å². The molecule has 0 radical (unpaired) electrons. The summed E-state index contributed by atoms with van der Waals surface area (Å²) in [6.45, 7) is 1.54. The summed E-state index contributed by atoms with van der Waals surface area (Å²) in [5.74, 6) is -1.00. The highest BCUT2D eigenvalue weighted by atomic mass is 79.9. The third kappa shape index (κ3) is 4.59. The maximum atomic E-state index is 12.8. The second-order valence-electron chi connectivity index (χ2n) is 7.08. The second-order valence-corrected chi connectivity index (χ2v) is 8.00. The number of carbonyl (C=O) groups is 3. The number of nitrogens with zero attached hydrogens (tertiary/aromatic N) is 2. The lowest BCUT2D eigenvalue weighted by molar-refractivity contribution is -0.127. The Bertz CT molecular complexity index is 1210. The molecular weight excluding hydrogens is 460 g/mol. The zero-order chi connectivity index (χ0) is 22.0. The highest BCUT2D eigenvalue weighted by Gasteiger charge is 2.35. The van der Waals surface area contributed by atoms with Crippen molar-refractivity contribution in [1.29, 1.82) is 0 Å². The molecule has 4 amide bonds. The summed E-state index contributed by atoms with van der Waals surface area (Å²) < 4.78 is 2.82. The van der Waals surface area contributed by atoms with Gasteiger partial charge in [-0.05, 0) is 61.0 Å². The lowest BCUT2D eigenvalue weighted by Gasteiger charge is -2.12. The molecule has 1 aromatic heterocycles. The van der Waals surface area contributed by atoms with Crippen molar-refractivity contribution in [1.82, 2.24) is 14.8 Å². The number of benzene rings is 2. The second kappa shape index (κ2) is 8.61. The fourth-order valence-corrected chi connectivity index (χ4v) is 3.69. The fraction of sp³-hybridized carbons (Fsp3) is 0.0870. The average molecular weight is 479 g/mol. The Kier molecular flexibility index (Phi) is 5.73. The van der Waals surface area contributed by atoms with Gasteiger partial charge >= 0.3 is 6.03 Å². The van der Waals surface area contributed by atoms with E-state index in [4.69, 9.17) is 0 Å². The number of aromatic nitrogens is 1. The Balaban J connectivity index is 1.51. The Labute approximate surface area is 187 Å². The summed E-state index contributed by atoms with van der Waals surface area (Å²) in [6, 6.07) is 18.1. The predicted octanol–water partition coefficient (Wildman–Crippen LogP) is 4.08. The van der Waals surface area contributed by atoms with Crippen molar-refractivity contribution in [3.63, 3.8) is 0 Å². The van der Waals surface area contributed by atoms with Gasteiger partial charge in [-0.25, -0.2) is 9.69 Å². The molecule has 8 heteroatoms. The molecular formula is C23H19BrN4O3. The van der Waals surface area contributed by atoms with Crippen LogP contribution in [0.25, 0.3) is 11.8 Å². The van der Waals surface area contributed by atoms with E-state index in [1.165, 1.54) is 0 Å². The van der Waals surface area contributed by atoms with Crippen LogP contribution in [0.15, 0.2) is 77.0 Å². The molecule has 0 spiro atoms. The Morgan fingerprint density at radius 1 is 1.10 bits per heavy atom. The van der Waals surface area contributed by atoms with Crippen molar-refractivity contribution >= 4 is 45.5 Å². The number of aryl methyl sites for hydroxylation is 1. The summed E-state index contributed by atoms with van der Waals surface area (Å²) in [7, 11) is 0. The number of urea groups is 1. The molecule has 3 aromatic rings. The Hall–Kier alpha value is -3.65. The van der Waals surface area contributed by atoms with Crippen LogP contribution in [-0.2, 0) is 9.59 Å². The number of anilines is 1. The van der Waals surface area contributed by atoms with Gasteiger partial charge in [0, 0.05) is 27.7 Å². The molecule has 4 rings (SSSR count). The smallest absolute Gasteiger partial charge is 0.325 e. The molecule has 2 N–H and O–H groups in total. The molecule has 7 nitrogen and oxygen atoms in total. The van der Waals surface area contributed by atoms with E-state index in [-0.39, 0.29) is 12.2 Å². The number of carbonyl (C=O) groups excluding carboxylic acids is 3. The minimum Gasteiger partial charge on any atom is -0.325 e. The first-order valence-corrected chi connectivity index (χ1v) is 10.3. The first-order chi connectivity index (χ1) is 14.9. The van der Waals surface area contributed by atoms with Crippen LogP contribution >= 0.6 is 15.9 Å². The van der Waals surface area contributed by atoms with E-state index < -0.39 is 17.8 Å². The maximum absolute atomic E-state index is 12.8. The molecule has 2 heterocycles. The quantitative estimate of drug-likeness (QED) is 0.428. The minimum absolute atomic E-state index is 0.114. The summed E-state index contributed by atoms with van der Waals surface area (Å²) >= 11 is 3.45. The molecule has 0 atom stereocenters. The molecule has 1 aliphatic heterocycles. The van der Waals surface area contributed by atoms with Gasteiger partial charge in [0.05, 0.1) is 0 Å². The van der Waals surface area contributed by atoms with E-state index in [1.807, 2.05) is 72.3 Å². The summed E-state index contributed by atoms with van der Waals surface area (Å²) in [5.41, 5.74) is 3.33. The number of hydrogen-bond donors (Lipinski definition) is 2. The van der Waals surface area contributed by atoms with Gasteiger partial charge in [-0.2, -0.15) is 0 Å². The van der Waals surface area contributed by atoms with Crippen LogP contribution in [0.4, 0.5) is 10.5 Å². The number of nitrogens with one attached hydrogen (secondary N) is 2. The predicted molar refractivity (Wildman–Crippen MR) is 121 cm³/mol. The molecule has 1 fully saturated rings. The zero-order valence-electron chi connectivity index (χ0n) is 16.6. The fourth-order valence-electron chi connectivity index (χ4n) is 3.30. The van der Waals surface area contributed by atoms with Gasteiger partial charge in [-0.1, -0.05) is 34.1 Å². The van der Waals surface area contributed by atoms with Crippen molar-refractivity contribution in [2.75, 3.05) is 11.9 Å². The van der Waals surface area contributed by atoms with Crippen molar-refractivity contribution < 1.29 is 14.4 Å². The van der Waals surface area contributed by atoms with Crippen LogP contribution in [0.3, 0.4) is 0 Å². The highest BCUT2D eigenvalue weighted by molar-refractivity contribution is 9.10. The Morgan fingerprint density at radius 2 is 1.90 bits per heavy atom. The van der Waals surface area contributed by atoms with Crippen molar-refractivity contribution in [3.05, 3.63) is 88.3 Å². The third-order valence-electron chi connectivity index (χ3n) is 4.72. The summed E-state index contributed by atoms with van der Waals surface area (Å²) in [4.78, 5) is 38.3. The van der Waals surface area contributed by atoms with Crippen molar-refractivity contribution in [2.45, 2.75) is 6.92 Å². The van der Waals surface area contributed by atoms with E-state index in [0.29, 0.717) is 11.4 Å². The van der Waals surface area contributed by atoms with Gasteiger partial charge in [0.1, 0.15) is 12.2 Å². The third-order valence-corrected chi connectivity index (χ3v) is 5.22. The van der Waals surface area contributed by atoms with Crippen LogP contribution in [0.2, 0.25) is 0 Å². The lowest BCUT2D eigenvalue weighted by Crippen LogP contribution is -2.38. The molecule has 0 saturated carbocycles. The van der Waals surface area contributed by atoms with Gasteiger partial charge < -0.3 is 15.2 Å². The first-order valence-electron chi connectivity index (χ1n) is 9.55. The van der Waals surface area contributed by atoms with Gasteiger partial charge in [0.15, 0.2) is 0 Å². The van der Waals surface area contributed by atoms with Gasteiger partial charge in [0.2, 0.25) is 5.91 Å². The van der Waals surface area contributed by atoms with Crippen molar-refractivity contribution in [2.24, 2.45) is 0 Å². The van der Waals surface area contributed by atoms with E-state index in [0.717, 1.165) is 20.6 Å². The largest absolute Gasteiger partial charge is 0.329 e. The topological polar surface area (TPSA) is 83.4 Å². The molecule has 31 heavy (non-hydrogen) atoms. The lowest BCUT2D eigenvalue weighted by atomic mass is 10.2. The van der Waals surface area contributed by atoms with E-state index in [1.54, 1.807) is 12.1 Å². The normalized spacial score (nSPS) is 14.8. The first kappa shape index (κ1) is 20.6. The monoisotopic (exact) mass is 478 g/mol. The van der Waals surface area contributed by atoms with Crippen LogP contribution in [0, 0.1) is 6.92 Å². The van der Waals surface area contributed by atoms with Crippen LogP contribution in [0.5, 0.6) is 0 Å². The van der Waals surface area contributed by atoms with Crippen LogP contribution < -0.4 is 10.6 Å². The zero-order valence-corrected chi connectivity index (χ0v) is 18.2. The molecule has 1 aliphatic rings. The van der Waals surface area contributed by atoms with Crippen LogP contribution in [0.1, 0.15) is 11.3 Å². The van der Waals surface area contributed by atoms with Crippen LogP contribution in [-0.4, -0.2) is 33.9 Å². The SMILES string of the molecule is Cc1cccc(NC(=O)CN2C(=O)N/C(=C\c3cccn3-c3cccc(Br)c3)C2=O)c1. The van der Waals surface area contributed by atoms with Gasteiger partial charge in [0.25, 0.3) is 5.91 Å². The molecule has 156 valence electrons. The van der Waals surface area contributed by atoms with Crippen molar-refractivity contribution in [3.8, 4) is 5.69 Å². The molecule has 2 aromatic carbocycles. The molecule has 0 bridgehead atoms. The maximum Gasteiger partial charge on any atom is 0.329 e. The van der Waals surface area contributed by atoms with Gasteiger partial charge in [-0.3, -0.25) is 9.59 Å². The molecule has 1 saturated heterocycles. The van der Waals surface area contributed by atoms with E-state index in [2.05, 4.69) is 26.6 Å². The summed E-state index contributed by atoms with van der Waals surface area (Å²) in [6.07, 6.45) is 3.46. The minimum atomic E-state index is -0.629. The number of hydrogen-bond acceptors (Lipinski definition) is 3. The molecule has 0 aliphatic carbocycles. The standard InChI is InChI=1S/C23H19BrN4O3/c1-15-5-2-7-17(11-15)25-21(29)14-28-22(30)20(26-23(28)31)13-19-9-4-10-27(19)18-8-3-6-16(24)12-18/h2-13H,14H2,1H3,(H,25,29)(H,26,31)/b20-13-. The average Bonchev–Trinajstić information content (AvgIpc) is 3.28. The highest BCUT2D eigenvalue weighted by Crippen LogP contribution is 2.21. The number of rotatable bonds is 5. The molecule has 0 unspecified atom stereocenters. The number of amides is 4. The number of halogens is 1.